The van der Waals surface area contributed by atoms with Crippen LogP contribution in [0.25, 0.3) is 5.78 Å². The van der Waals surface area contributed by atoms with E-state index < -0.39 is 0 Å². The minimum Gasteiger partial charge on any atom is -0.490 e. The number of carbonyl (C=O) groups excluding carboxylic acids is 1. The predicted octanol–water partition coefficient (Wildman–Crippen LogP) is 2.82. The number of ether oxygens (including phenoxy) is 1. The van der Waals surface area contributed by atoms with Gasteiger partial charge in [-0.15, -0.1) is 0 Å². The van der Waals surface area contributed by atoms with E-state index in [1.54, 1.807) is 10.6 Å². The van der Waals surface area contributed by atoms with Gasteiger partial charge < -0.3 is 10.1 Å². The monoisotopic (exact) mass is 337 g/mol. The topological polar surface area (TPSA) is 81.4 Å². The average molecular weight is 337 g/mol. The number of amides is 1. The zero-order valence-electron chi connectivity index (χ0n) is 14.4. The van der Waals surface area contributed by atoms with E-state index in [1.807, 2.05) is 39.0 Å². The summed E-state index contributed by atoms with van der Waals surface area (Å²) in [5.74, 6) is 1.24. The van der Waals surface area contributed by atoms with Crippen molar-refractivity contribution in [3.05, 3.63) is 47.5 Å². The minimum absolute atomic E-state index is 0.173. The van der Waals surface area contributed by atoms with Crippen LogP contribution in [0.2, 0.25) is 0 Å². The molecule has 0 spiro atoms. The van der Waals surface area contributed by atoms with Crippen LogP contribution in [0.3, 0.4) is 0 Å². The molecule has 0 aliphatic carbocycles. The lowest BCUT2D eigenvalue weighted by Crippen LogP contribution is -2.16. The van der Waals surface area contributed by atoms with E-state index in [1.165, 1.54) is 6.33 Å². The lowest BCUT2D eigenvalue weighted by Gasteiger charge is -2.10. The summed E-state index contributed by atoms with van der Waals surface area (Å²) in [5.41, 5.74) is 3.06. The number of aromatic nitrogens is 4. The summed E-state index contributed by atoms with van der Waals surface area (Å²) < 4.78 is 7.35. The van der Waals surface area contributed by atoms with Gasteiger partial charge in [-0.2, -0.15) is 10.1 Å². The smallest absolute Gasteiger partial charge is 0.274 e. The highest BCUT2D eigenvalue weighted by Crippen LogP contribution is 2.31. The molecule has 7 nitrogen and oxygen atoms in total. The molecule has 0 radical (unpaired) electrons. The lowest BCUT2D eigenvalue weighted by atomic mass is 10.1. The summed E-state index contributed by atoms with van der Waals surface area (Å²) in [5, 5.41) is 7.08. The molecule has 0 saturated heterocycles. The van der Waals surface area contributed by atoms with E-state index in [0.717, 1.165) is 29.1 Å². The third-order valence-electron chi connectivity index (χ3n) is 4.26. The highest BCUT2D eigenvalue weighted by atomic mass is 16.5. The number of anilines is 1. The number of carbonyl (C=O) groups is 1. The normalized spacial score (nSPS) is 16.1. The van der Waals surface area contributed by atoms with Gasteiger partial charge >= 0.3 is 0 Å². The van der Waals surface area contributed by atoms with Crippen molar-refractivity contribution in [2.45, 2.75) is 39.2 Å². The van der Waals surface area contributed by atoms with E-state index in [-0.39, 0.29) is 17.9 Å². The van der Waals surface area contributed by atoms with Gasteiger partial charge in [0, 0.05) is 12.1 Å². The Morgan fingerprint density at radius 3 is 3.00 bits per heavy atom. The minimum atomic E-state index is -0.265. The fourth-order valence-corrected chi connectivity index (χ4v) is 3.06. The molecule has 1 amide bonds. The quantitative estimate of drug-likeness (QED) is 0.795. The predicted molar refractivity (Wildman–Crippen MR) is 93.1 cm³/mol. The standard InChI is InChI=1S/C18H19N5O2/c1-10(2)15-8-14(22-18-19-9-20-23(15)18)17(24)21-13-4-5-16-12(7-13)6-11(3)25-16/h4-5,7-11H,6H2,1-3H3,(H,21,24). The van der Waals surface area contributed by atoms with Gasteiger partial charge in [0.1, 0.15) is 23.9 Å². The van der Waals surface area contributed by atoms with E-state index in [9.17, 15) is 4.79 Å². The van der Waals surface area contributed by atoms with E-state index in [2.05, 4.69) is 20.4 Å². The van der Waals surface area contributed by atoms with Crippen LogP contribution in [0.1, 0.15) is 48.4 Å². The van der Waals surface area contributed by atoms with Crippen molar-refractivity contribution in [1.29, 1.82) is 0 Å². The summed E-state index contributed by atoms with van der Waals surface area (Å²) in [6, 6.07) is 7.45. The second-order valence-corrected chi connectivity index (χ2v) is 6.60. The molecule has 7 heteroatoms. The van der Waals surface area contributed by atoms with Crippen LogP contribution in [0.4, 0.5) is 5.69 Å². The van der Waals surface area contributed by atoms with Crippen LogP contribution < -0.4 is 10.1 Å². The molecule has 0 bridgehead atoms. The molecule has 1 aliphatic heterocycles. The Labute approximate surface area is 145 Å². The molecule has 1 unspecified atom stereocenters. The van der Waals surface area contributed by atoms with Gasteiger partial charge in [0.25, 0.3) is 11.7 Å². The number of benzene rings is 1. The second kappa shape index (κ2) is 5.84. The van der Waals surface area contributed by atoms with Crippen LogP contribution in [0.15, 0.2) is 30.6 Å². The summed E-state index contributed by atoms with van der Waals surface area (Å²) in [7, 11) is 0. The Morgan fingerprint density at radius 1 is 1.36 bits per heavy atom. The zero-order chi connectivity index (χ0) is 17.6. The molecular weight excluding hydrogens is 318 g/mol. The van der Waals surface area contributed by atoms with Gasteiger partial charge in [0.2, 0.25) is 0 Å². The van der Waals surface area contributed by atoms with Crippen LogP contribution in [-0.4, -0.2) is 31.6 Å². The Kier molecular flexibility index (Phi) is 3.63. The second-order valence-electron chi connectivity index (χ2n) is 6.60. The third-order valence-corrected chi connectivity index (χ3v) is 4.26. The van der Waals surface area contributed by atoms with Crippen molar-refractivity contribution in [2.24, 2.45) is 0 Å². The zero-order valence-corrected chi connectivity index (χ0v) is 14.4. The largest absolute Gasteiger partial charge is 0.490 e. The third kappa shape index (κ3) is 2.82. The fourth-order valence-electron chi connectivity index (χ4n) is 3.06. The number of fused-ring (bicyclic) bond motifs is 2. The molecule has 1 atom stereocenters. The van der Waals surface area contributed by atoms with Crippen LogP contribution in [0, 0.1) is 0 Å². The number of nitrogens with one attached hydrogen (secondary N) is 1. The maximum atomic E-state index is 12.7. The van der Waals surface area contributed by atoms with Gasteiger partial charge in [-0.3, -0.25) is 4.79 Å². The Morgan fingerprint density at radius 2 is 2.20 bits per heavy atom. The molecule has 1 aliphatic rings. The summed E-state index contributed by atoms with van der Waals surface area (Å²) in [6.07, 6.45) is 2.46. The number of hydrogen-bond acceptors (Lipinski definition) is 5. The summed E-state index contributed by atoms with van der Waals surface area (Å²) >= 11 is 0. The van der Waals surface area contributed by atoms with Crippen molar-refractivity contribution >= 4 is 17.4 Å². The van der Waals surface area contributed by atoms with Gasteiger partial charge in [0.05, 0.1) is 5.69 Å². The first-order valence-electron chi connectivity index (χ1n) is 8.33. The van der Waals surface area contributed by atoms with Crippen molar-refractivity contribution in [1.82, 2.24) is 19.6 Å². The highest BCUT2D eigenvalue weighted by molar-refractivity contribution is 6.03. The van der Waals surface area contributed by atoms with Crippen molar-refractivity contribution < 1.29 is 9.53 Å². The number of nitrogens with zero attached hydrogens (tertiary/aromatic N) is 4. The van der Waals surface area contributed by atoms with Crippen LogP contribution in [0.5, 0.6) is 5.75 Å². The van der Waals surface area contributed by atoms with E-state index >= 15 is 0 Å². The fraction of sp³-hybridized carbons (Fsp3) is 0.333. The molecule has 2 aromatic heterocycles. The Balaban J connectivity index is 1.63. The van der Waals surface area contributed by atoms with Crippen molar-refractivity contribution in [2.75, 3.05) is 5.32 Å². The first-order chi connectivity index (χ1) is 12.0. The van der Waals surface area contributed by atoms with E-state index in [4.69, 9.17) is 4.74 Å². The van der Waals surface area contributed by atoms with Gasteiger partial charge in [-0.1, -0.05) is 13.8 Å². The molecule has 25 heavy (non-hydrogen) atoms. The first-order valence-corrected chi connectivity index (χ1v) is 8.33. The molecule has 128 valence electrons. The number of rotatable bonds is 3. The summed E-state index contributed by atoms with van der Waals surface area (Å²) in [4.78, 5) is 21.1. The Hall–Kier alpha value is -2.96. The first kappa shape index (κ1) is 15.6. The molecule has 3 aromatic rings. The van der Waals surface area contributed by atoms with Crippen LogP contribution >= 0.6 is 0 Å². The summed E-state index contributed by atoms with van der Waals surface area (Å²) in [6.45, 7) is 6.11. The average Bonchev–Trinajstić information content (AvgIpc) is 3.18. The van der Waals surface area contributed by atoms with Crippen molar-refractivity contribution in [3.8, 4) is 5.75 Å². The maximum Gasteiger partial charge on any atom is 0.274 e. The molecule has 0 saturated carbocycles. The Bertz CT molecular complexity index is 963. The van der Waals surface area contributed by atoms with E-state index in [0.29, 0.717) is 11.5 Å². The maximum absolute atomic E-state index is 12.7. The van der Waals surface area contributed by atoms with Gasteiger partial charge in [-0.25, -0.2) is 9.50 Å². The van der Waals surface area contributed by atoms with Gasteiger partial charge in [0.15, 0.2) is 0 Å². The number of hydrogen-bond donors (Lipinski definition) is 1. The van der Waals surface area contributed by atoms with Crippen molar-refractivity contribution in [3.63, 3.8) is 0 Å². The van der Waals surface area contributed by atoms with Gasteiger partial charge in [-0.05, 0) is 42.7 Å². The molecule has 1 N–H and O–H groups in total. The molecular formula is C18H19N5O2. The highest BCUT2D eigenvalue weighted by Gasteiger charge is 2.20. The molecule has 0 fully saturated rings. The molecule has 1 aromatic carbocycles. The lowest BCUT2D eigenvalue weighted by molar-refractivity contribution is 0.102. The molecule has 3 heterocycles. The van der Waals surface area contributed by atoms with Crippen LogP contribution in [-0.2, 0) is 6.42 Å². The SMILES string of the molecule is CC1Cc2cc(NC(=O)c3cc(C(C)C)n4ncnc4n3)ccc2O1. The molecule has 4 rings (SSSR count).